The van der Waals surface area contributed by atoms with Crippen LogP contribution in [0.15, 0.2) is 24.0 Å². The molecular weight excluding hydrogens is 200 g/mol. The second-order valence-corrected chi connectivity index (χ2v) is 5.68. The number of hydrogen-bond donors (Lipinski definition) is 2. The van der Waals surface area contributed by atoms with Gasteiger partial charge in [-0.15, -0.1) is 0 Å². The highest BCUT2D eigenvalue weighted by Gasteiger charge is 2.30. The molecule has 16 heavy (non-hydrogen) atoms. The van der Waals surface area contributed by atoms with Gasteiger partial charge in [-0.25, -0.2) is 0 Å². The molecule has 0 aromatic heterocycles. The van der Waals surface area contributed by atoms with Gasteiger partial charge in [-0.2, -0.15) is 0 Å². The predicted octanol–water partition coefficient (Wildman–Crippen LogP) is 3.19. The first kappa shape index (κ1) is 11.7. The fraction of sp³-hybridized carbons (Fsp3) is 0.714. The Bertz CT molecular complexity index is 315. The van der Waals surface area contributed by atoms with Crippen LogP contribution in [0.2, 0.25) is 0 Å². The van der Waals surface area contributed by atoms with Crippen molar-refractivity contribution < 1.29 is 10.2 Å². The highest BCUT2D eigenvalue weighted by atomic mass is 16.3. The Morgan fingerprint density at radius 2 is 2.19 bits per heavy atom. The highest BCUT2D eigenvalue weighted by Crippen LogP contribution is 2.38. The Morgan fingerprint density at radius 3 is 2.75 bits per heavy atom. The lowest BCUT2D eigenvalue weighted by Gasteiger charge is -2.34. The Hall–Kier alpha value is -0.760. The average molecular weight is 222 g/mol. The van der Waals surface area contributed by atoms with Crippen LogP contribution >= 0.6 is 0 Å². The maximum atomic E-state index is 9.85. The SMILES string of the molecule is CC1CC(C2C=CC(C)(O)CC2)CC=C1O. The van der Waals surface area contributed by atoms with E-state index in [0.717, 1.165) is 25.7 Å². The second kappa shape index (κ2) is 4.25. The molecule has 2 heteroatoms. The largest absolute Gasteiger partial charge is 0.512 e. The van der Waals surface area contributed by atoms with E-state index in [1.807, 2.05) is 19.1 Å². The third-order valence-electron chi connectivity index (χ3n) is 4.08. The van der Waals surface area contributed by atoms with Crippen LogP contribution < -0.4 is 0 Å². The van der Waals surface area contributed by atoms with Crippen molar-refractivity contribution in [1.29, 1.82) is 0 Å². The van der Waals surface area contributed by atoms with E-state index in [-0.39, 0.29) is 0 Å². The molecule has 0 aromatic rings. The van der Waals surface area contributed by atoms with E-state index in [0.29, 0.717) is 23.5 Å². The van der Waals surface area contributed by atoms with Gasteiger partial charge in [-0.1, -0.05) is 19.1 Å². The maximum absolute atomic E-state index is 9.85. The molecule has 4 atom stereocenters. The van der Waals surface area contributed by atoms with Crippen molar-refractivity contribution in [2.24, 2.45) is 17.8 Å². The van der Waals surface area contributed by atoms with Crippen molar-refractivity contribution in [1.82, 2.24) is 0 Å². The van der Waals surface area contributed by atoms with Crippen molar-refractivity contribution in [3.8, 4) is 0 Å². The fourth-order valence-corrected chi connectivity index (χ4v) is 2.86. The molecule has 0 radical (unpaired) electrons. The van der Waals surface area contributed by atoms with Crippen LogP contribution in [-0.4, -0.2) is 15.8 Å². The van der Waals surface area contributed by atoms with Crippen molar-refractivity contribution in [2.75, 3.05) is 0 Å². The Balaban J connectivity index is 2.01. The Kier molecular flexibility index (Phi) is 3.11. The monoisotopic (exact) mass is 222 g/mol. The van der Waals surface area contributed by atoms with E-state index in [2.05, 4.69) is 13.0 Å². The summed E-state index contributed by atoms with van der Waals surface area (Å²) in [6.07, 6.45) is 10.1. The summed E-state index contributed by atoms with van der Waals surface area (Å²) in [6.45, 7) is 3.95. The van der Waals surface area contributed by atoms with E-state index < -0.39 is 5.60 Å². The molecule has 2 aliphatic carbocycles. The van der Waals surface area contributed by atoms with E-state index >= 15 is 0 Å². The molecule has 0 spiro atoms. The van der Waals surface area contributed by atoms with Gasteiger partial charge in [0.25, 0.3) is 0 Å². The quantitative estimate of drug-likeness (QED) is 0.669. The van der Waals surface area contributed by atoms with E-state index in [1.54, 1.807) is 0 Å². The minimum atomic E-state index is -0.602. The van der Waals surface area contributed by atoms with Crippen molar-refractivity contribution in [3.05, 3.63) is 24.0 Å². The summed E-state index contributed by atoms with van der Waals surface area (Å²) in [6, 6.07) is 0. The maximum Gasteiger partial charge on any atom is 0.0911 e. The molecule has 2 rings (SSSR count). The smallest absolute Gasteiger partial charge is 0.0911 e. The summed E-state index contributed by atoms with van der Waals surface area (Å²) in [7, 11) is 0. The first-order chi connectivity index (χ1) is 7.48. The van der Waals surface area contributed by atoms with Gasteiger partial charge in [0.05, 0.1) is 11.4 Å². The van der Waals surface area contributed by atoms with Crippen LogP contribution in [0.25, 0.3) is 0 Å². The minimum absolute atomic E-state index is 0.301. The summed E-state index contributed by atoms with van der Waals surface area (Å²) in [5, 5.41) is 19.4. The zero-order valence-corrected chi connectivity index (χ0v) is 10.2. The summed E-state index contributed by atoms with van der Waals surface area (Å²) >= 11 is 0. The van der Waals surface area contributed by atoms with Crippen LogP contribution in [0.1, 0.15) is 39.5 Å². The molecule has 2 aliphatic rings. The zero-order chi connectivity index (χ0) is 11.8. The third kappa shape index (κ3) is 2.49. The van der Waals surface area contributed by atoms with Crippen molar-refractivity contribution >= 4 is 0 Å². The van der Waals surface area contributed by atoms with Crippen LogP contribution in [0.5, 0.6) is 0 Å². The van der Waals surface area contributed by atoms with Gasteiger partial charge in [0.15, 0.2) is 0 Å². The minimum Gasteiger partial charge on any atom is -0.512 e. The molecule has 90 valence electrons. The predicted molar refractivity (Wildman–Crippen MR) is 65.1 cm³/mol. The first-order valence-electron chi connectivity index (χ1n) is 6.29. The van der Waals surface area contributed by atoms with Gasteiger partial charge in [-0.05, 0) is 50.5 Å². The lowest BCUT2D eigenvalue weighted by Crippen LogP contribution is -2.29. The molecule has 0 bridgehead atoms. The molecule has 0 saturated carbocycles. The first-order valence-corrected chi connectivity index (χ1v) is 6.29. The van der Waals surface area contributed by atoms with Gasteiger partial charge >= 0.3 is 0 Å². The number of allylic oxidation sites excluding steroid dienone is 3. The molecule has 2 nitrogen and oxygen atoms in total. The summed E-state index contributed by atoms with van der Waals surface area (Å²) in [5.74, 6) is 2.07. The molecular formula is C14H22O2. The van der Waals surface area contributed by atoms with Crippen LogP contribution in [0.3, 0.4) is 0 Å². The van der Waals surface area contributed by atoms with Gasteiger partial charge in [-0.3, -0.25) is 0 Å². The van der Waals surface area contributed by atoms with Gasteiger partial charge in [0.2, 0.25) is 0 Å². The number of rotatable bonds is 1. The van der Waals surface area contributed by atoms with Crippen LogP contribution in [0.4, 0.5) is 0 Å². The standard InChI is InChI=1S/C14H22O2/c1-10-9-12(3-4-13(10)15)11-5-7-14(2,16)8-6-11/h4-5,7,10-12,15-16H,3,6,8-9H2,1-2H3. The van der Waals surface area contributed by atoms with Crippen molar-refractivity contribution in [2.45, 2.75) is 45.1 Å². The molecule has 2 N–H and O–H groups in total. The topological polar surface area (TPSA) is 40.5 Å². The summed E-state index contributed by atoms with van der Waals surface area (Å²) in [5.41, 5.74) is -0.602. The summed E-state index contributed by atoms with van der Waals surface area (Å²) < 4.78 is 0. The van der Waals surface area contributed by atoms with Gasteiger partial charge in [0, 0.05) is 5.92 Å². The normalized spacial score (nSPS) is 44.2. The fourth-order valence-electron chi connectivity index (χ4n) is 2.86. The average Bonchev–Trinajstić information content (AvgIpc) is 2.22. The molecule has 0 heterocycles. The molecule has 4 unspecified atom stereocenters. The van der Waals surface area contributed by atoms with E-state index in [1.165, 1.54) is 0 Å². The molecule has 0 aromatic carbocycles. The van der Waals surface area contributed by atoms with Crippen LogP contribution in [-0.2, 0) is 0 Å². The second-order valence-electron chi connectivity index (χ2n) is 5.68. The number of aliphatic hydroxyl groups excluding tert-OH is 1. The highest BCUT2D eigenvalue weighted by molar-refractivity contribution is 5.10. The molecule has 0 saturated heterocycles. The molecule has 0 fully saturated rings. The lowest BCUT2D eigenvalue weighted by atomic mass is 9.73. The molecule has 0 aliphatic heterocycles. The third-order valence-corrected chi connectivity index (χ3v) is 4.08. The summed E-state index contributed by atoms with van der Waals surface area (Å²) in [4.78, 5) is 0. The van der Waals surface area contributed by atoms with Gasteiger partial charge in [0.1, 0.15) is 0 Å². The van der Waals surface area contributed by atoms with E-state index in [9.17, 15) is 10.2 Å². The number of hydrogen-bond acceptors (Lipinski definition) is 2. The van der Waals surface area contributed by atoms with E-state index in [4.69, 9.17) is 0 Å². The van der Waals surface area contributed by atoms with Gasteiger partial charge < -0.3 is 10.2 Å². The van der Waals surface area contributed by atoms with Crippen LogP contribution in [0, 0.1) is 17.8 Å². The zero-order valence-electron chi connectivity index (χ0n) is 10.2. The lowest BCUT2D eigenvalue weighted by molar-refractivity contribution is 0.0804. The Morgan fingerprint density at radius 1 is 1.44 bits per heavy atom. The molecule has 0 amide bonds. The number of aliphatic hydroxyl groups is 2. The van der Waals surface area contributed by atoms with Crippen molar-refractivity contribution in [3.63, 3.8) is 0 Å². The Labute approximate surface area is 97.7 Å².